The van der Waals surface area contributed by atoms with Crippen LogP contribution in [-0.4, -0.2) is 37.4 Å². The highest BCUT2D eigenvalue weighted by atomic mass is 15.3. The zero-order valence-electron chi connectivity index (χ0n) is 6.02. The number of nitrogens with zero attached hydrogens (tertiary/aromatic N) is 4. The van der Waals surface area contributed by atoms with Crippen LogP contribution in [0.5, 0.6) is 0 Å². The molecule has 5 heteroatoms. The van der Waals surface area contributed by atoms with E-state index in [0.29, 0.717) is 5.84 Å². The highest BCUT2D eigenvalue weighted by molar-refractivity contribution is 6.17. The molecule has 0 aromatic rings. The molecular weight excluding hydrogens is 142 g/mol. The molecule has 0 fully saturated rings. The summed E-state index contributed by atoms with van der Waals surface area (Å²) in [7, 11) is 1.80. The molecule has 2 rings (SSSR count). The molecule has 1 unspecified atom stereocenters. The standard InChI is InChI=1S/C6H7N5/c1-7-6-2-8-3-9-5(6)10-4-11-6/h2-4,7H,1H3. The minimum absolute atomic E-state index is 0.589. The Kier molecular flexibility index (Phi) is 1.19. The van der Waals surface area contributed by atoms with Crippen molar-refractivity contribution in [3.05, 3.63) is 0 Å². The number of nitrogens with one attached hydrogen (secondary N) is 1. The van der Waals surface area contributed by atoms with Crippen LogP contribution in [0.15, 0.2) is 20.0 Å². The fourth-order valence-electron chi connectivity index (χ4n) is 1.02. The van der Waals surface area contributed by atoms with E-state index in [1.54, 1.807) is 13.3 Å². The minimum atomic E-state index is -0.589. The Morgan fingerprint density at radius 1 is 1.45 bits per heavy atom. The summed E-state index contributed by atoms with van der Waals surface area (Å²) in [6.45, 7) is 0. The number of hydrogen-bond acceptors (Lipinski definition) is 5. The van der Waals surface area contributed by atoms with E-state index < -0.39 is 5.66 Å². The van der Waals surface area contributed by atoms with Crippen LogP contribution in [0.25, 0.3) is 0 Å². The fourth-order valence-corrected chi connectivity index (χ4v) is 1.02. The molecule has 0 aliphatic carbocycles. The highest BCUT2D eigenvalue weighted by Crippen LogP contribution is 2.14. The Morgan fingerprint density at radius 3 is 3.09 bits per heavy atom. The Hall–Kier alpha value is -1.36. The second kappa shape index (κ2) is 2.06. The van der Waals surface area contributed by atoms with E-state index in [2.05, 4.69) is 25.3 Å². The van der Waals surface area contributed by atoms with Gasteiger partial charge in [0.15, 0.2) is 5.84 Å². The van der Waals surface area contributed by atoms with E-state index >= 15 is 0 Å². The third-order valence-corrected chi connectivity index (χ3v) is 1.67. The summed E-state index contributed by atoms with van der Waals surface area (Å²) in [5.74, 6) is 0.648. The number of likely N-dealkylation sites (N-methyl/N-ethyl adjacent to an activating group) is 1. The molecule has 2 aliphatic rings. The molecule has 0 saturated carbocycles. The van der Waals surface area contributed by atoms with Crippen LogP contribution < -0.4 is 5.32 Å². The van der Waals surface area contributed by atoms with Gasteiger partial charge in [-0.05, 0) is 7.05 Å². The van der Waals surface area contributed by atoms with Crippen LogP contribution in [0, 0.1) is 0 Å². The number of hydrogen-bond donors (Lipinski definition) is 1. The average molecular weight is 149 g/mol. The predicted octanol–water partition coefficient (Wildman–Crippen LogP) is -0.545. The molecule has 2 aliphatic heterocycles. The third-order valence-electron chi connectivity index (χ3n) is 1.67. The van der Waals surface area contributed by atoms with Crippen LogP contribution in [0.2, 0.25) is 0 Å². The summed E-state index contributed by atoms with van der Waals surface area (Å²) in [5.41, 5.74) is -0.589. The number of fused-ring (bicyclic) bond motifs is 1. The van der Waals surface area contributed by atoms with E-state index in [0.717, 1.165) is 0 Å². The van der Waals surface area contributed by atoms with Crippen LogP contribution >= 0.6 is 0 Å². The highest BCUT2D eigenvalue weighted by Gasteiger charge is 2.35. The van der Waals surface area contributed by atoms with Crippen molar-refractivity contribution in [3.63, 3.8) is 0 Å². The van der Waals surface area contributed by atoms with Crippen molar-refractivity contribution in [2.24, 2.45) is 20.0 Å². The van der Waals surface area contributed by atoms with Crippen molar-refractivity contribution in [2.45, 2.75) is 5.66 Å². The summed E-state index contributed by atoms with van der Waals surface area (Å²) in [6.07, 6.45) is 4.63. The Morgan fingerprint density at radius 2 is 2.36 bits per heavy atom. The van der Waals surface area contributed by atoms with Crippen LogP contribution in [-0.2, 0) is 0 Å². The van der Waals surface area contributed by atoms with E-state index in [4.69, 9.17) is 0 Å². The van der Waals surface area contributed by atoms with Gasteiger partial charge in [-0.3, -0.25) is 5.32 Å². The molecule has 5 nitrogen and oxygen atoms in total. The van der Waals surface area contributed by atoms with Gasteiger partial charge in [0.2, 0.25) is 5.66 Å². The van der Waals surface area contributed by atoms with Gasteiger partial charge < -0.3 is 0 Å². The Bertz CT molecular complexity index is 287. The lowest BCUT2D eigenvalue weighted by molar-refractivity contribution is 0.650. The Balaban J connectivity index is 2.46. The average Bonchev–Trinajstić information content (AvgIpc) is 2.48. The summed E-state index contributed by atoms with van der Waals surface area (Å²) < 4.78 is 0. The molecule has 0 bridgehead atoms. The zero-order valence-corrected chi connectivity index (χ0v) is 6.02. The number of amidine groups is 1. The molecule has 1 atom stereocenters. The first-order valence-corrected chi connectivity index (χ1v) is 3.25. The van der Waals surface area contributed by atoms with Gasteiger partial charge in [0.25, 0.3) is 0 Å². The molecule has 2 heterocycles. The SMILES string of the molecule is CNC12C=NC=NC1=NC=N2. The van der Waals surface area contributed by atoms with Crippen molar-refractivity contribution < 1.29 is 0 Å². The lowest BCUT2D eigenvalue weighted by Gasteiger charge is -2.21. The first-order chi connectivity index (χ1) is 5.37. The van der Waals surface area contributed by atoms with Gasteiger partial charge >= 0.3 is 0 Å². The van der Waals surface area contributed by atoms with Crippen LogP contribution in [0.1, 0.15) is 0 Å². The smallest absolute Gasteiger partial charge is 0.208 e. The summed E-state index contributed by atoms with van der Waals surface area (Å²) in [6, 6.07) is 0. The first-order valence-electron chi connectivity index (χ1n) is 3.25. The molecule has 0 spiro atoms. The quantitative estimate of drug-likeness (QED) is 0.534. The van der Waals surface area contributed by atoms with Gasteiger partial charge in [-0.15, -0.1) is 0 Å². The third kappa shape index (κ3) is 0.743. The summed E-state index contributed by atoms with van der Waals surface area (Å²) in [5, 5.41) is 2.99. The van der Waals surface area contributed by atoms with E-state index in [1.165, 1.54) is 12.7 Å². The van der Waals surface area contributed by atoms with Gasteiger partial charge in [0.1, 0.15) is 12.7 Å². The van der Waals surface area contributed by atoms with Crippen molar-refractivity contribution in [3.8, 4) is 0 Å². The van der Waals surface area contributed by atoms with Crippen molar-refractivity contribution >= 4 is 24.7 Å². The molecule has 0 amide bonds. The maximum Gasteiger partial charge on any atom is 0.208 e. The van der Waals surface area contributed by atoms with E-state index in [1.807, 2.05) is 0 Å². The van der Waals surface area contributed by atoms with Gasteiger partial charge in [-0.2, -0.15) is 0 Å². The zero-order chi connectivity index (χ0) is 7.73. The lowest BCUT2D eigenvalue weighted by atomic mass is 10.2. The second-order valence-electron chi connectivity index (χ2n) is 2.24. The Labute approximate surface area is 63.7 Å². The normalized spacial score (nSPS) is 32.3. The van der Waals surface area contributed by atoms with Gasteiger partial charge in [0, 0.05) is 0 Å². The molecular formula is C6H7N5. The van der Waals surface area contributed by atoms with Crippen molar-refractivity contribution in [2.75, 3.05) is 7.05 Å². The monoisotopic (exact) mass is 149 g/mol. The minimum Gasteiger partial charge on any atom is -0.285 e. The second-order valence-corrected chi connectivity index (χ2v) is 2.24. The first kappa shape index (κ1) is 6.36. The van der Waals surface area contributed by atoms with Crippen molar-refractivity contribution in [1.82, 2.24) is 5.32 Å². The molecule has 0 radical (unpaired) electrons. The van der Waals surface area contributed by atoms with Crippen molar-refractivity contribution in [1.29, 1.82) is 0 Å². The predicted molar refractivity (Wildman–Crippen MR) is 44.7 cm³/mol. The van der Waals surface area contributed by atoms with Gasteiger partial charge in [-0.25, -0.2) is 20.0 Å². The molecule has 0 aromatic carbocycles. The van der Waals surface area contributed by atoms with E-state index in [-0.39, 0.29) is 0 Å². The lowest BCUT2D eigenvalue weighted by Crippen LogP contribution is -2.49. The summed E-state index contributed by atoms with van der Waals surface area (Å²) in [4.78, 5) is 15.9. The fraction of sp³-hybridized carbons (Fsp3) is 0.333. The van der Waals surface area contributed by atoms with Gasteiger partial charge in [0.05, 0.1) is 6.21 Å². The topological polar surface area (TPSA) is 61.5 Å². The van der Waals surface area contributed by atoms with Gasteiger partial charge in [-0.1, -0.05) is 0 Å². The number of rotatable bonds is 1. The molecule has 0 aromatic heterocycles. The summed E-state index contributed by atoms with van der Waals surface area (Å²) >= 11 is 0. The molecule has 56 valence electrons. The van der Waals surface area contributed by atoms with Crippen LogP contribution in [0.4, 0.5) is 0 Å². The van der Waals surface area contributed by atoms with E-state index in [9.17, 15) is 0 Å². The molecule has 1 N–H and O–H groups in total. The maximum absolute atomic E-state index is 4.10. The molecule has 11 heavy (non-hydrogen) atoms. The van der Waals surface area contributed by atoms with Crippen LogP contribution in [0.3, 0.4) is 0 Å². The molecule has 0 saturated heterocycles. The largest absolute Gasteiger partial charge is 0.285 e. The maximum atomic E-state index is 4.10. The number of aliphatic imine (C=N–C) groups is 4.